The van der Waals surface area contributed by atoms with Gasteiger partial charge in [0.15, 0.2) is 11.5 Å². The number of nitrogens with zero attached hydrogens (tertiary/aromatic N) is 5. The van der Waals surface area contributed by atoms with Crippen LogP contribution in [0.4, 0.5) is 39.8 Å². The van der Waals surface area contributed by atoms with Crippen molar-refractivity contribution in [2.24, 2.45) is 20.2 Å². The summed E-state index contributed by atoms with van der Waals surface area (Å²) in [5, 5.41) is 48.6. The van der Waals surface area contributed by atoms with Crippen LogP contribution in [-0.2, 0) is 0 Å². The van der Waals surface area contributed by atoms with Crippen LogP contribution in [0, 0.1) is 10.1 Å². The summed E-state index contributed by atoms with van der Waals surface area (Å²) in [6.45, 7) is 5.45. The van der Waals surface area contributed by atoms with Crippen molar-refractivity contribution in [3.05, 3.63) is 99.7 Å². The summed E-state index contributed by atoms with van der Waals surface area (Å²) in [5.41, 5.74) is 3.98. The maximum absolute atomic E-state index is 10.6. The lowest BCUT2D eigenvalue weighted by Crippen LogP contribution is -2.23. The molecule has 0 unspecified atom stereocenters. The first-order chi connectivity index (χ1) is 26.9. The average Bonchev–Trinajstić information content (AvgIpc) is 3.21. The lowest BCUT2D eigenvalue weighted by atomic mass is 10.2. The van der Waals surface area contributed by atoms with Crippen molar-refractivity contribution in [3.8, 4) is 46.0 Å². The average molecular weight is 747 g/mol. The van der Waals surface area contributed by atoms with Crippen molar-refractivity contribution >= 4 is 39.8 Å². The first-order valence-corrected chi connectivity index (χ1v) is 17.4. The van der Waals surface area contributed by atoms with Gasteiger partial charge in [-0.25, -0.2) is 4.99 Å². The van der Waals surface area contributed by atoms with Gasteiger partial charge in [0.1, 0.15) is 83.0 Å². The Hall–Kier alpha value is -7.30. The van der Waals surface area contributed by atoms with Crippen LogP contribution < -0.4 is 50.3 Å². The van der Waals surface area contributed by atoms with Gasteiger partial charge in [0.05, 0.1) is 34.2 Å². The zero-order valence-electron chi connectivity index (χ0n) is 29.2. The van der Waals surface area contributed by atoms with Gasteiger partial charge in [0.25, 0.3) is 5.69 Å². The van der Waals surface area contributed by atoms with Gasteiger partial charge in [-0.05, 0) is 24.3 Å². The lowest BCUT2D eigenvalue weighted by Gasteiger charge is -2.22. The van der Waals surface area contributed by atoms with Crippen LogP contribution in [0.2, 0.25) is 0 Å². The standard InChI is InChI=1S/C16H13N3O3.C14H12N4O4.C8H9NO2/c1-3-20-13-7-11-15(5-9(13)17-1)22-16-6-10-14(8-12(16)19-11)21-4-2-18-10;19-13-7-12-14(22-6-5-15-12)8-11(13)17-16-9-1-3-10(4-2-9)18(20)21;10-6-1-2-8-7(5-6)9-3-4-11-8/h5-8,17H,1-4H2;1-4,7-8,15,19H,5-6H2;1-2,5,9-10H,3-4H2. The van der Waals surface area contributed by atoms with E-state index in [0.29, 0.717) is 62.4 Å². The molecule has 5 heterocycles. The maximum Gasteiger partial charge on any atom is 0.269 e. The van der Waals surface area contributed by atoms with E-state index >= 15 is 0 Å². The number of fused-ring (bicyclic) bond motifs is 6. The minimum Gasteiger partial charge on any atom is -0.508 e. The molecule has 10 rings (SSSR count). The second-order valence-electron chi connectivity index (χ2n) is 12.4. The first kappa shape index (κ1) is 34.8. The molecule has 0 fully saturated rings. The fraction of sp³-hybridized carbons (Fsp3) is 0.211. The predicted molar refractivity (Wildman–Crippen MR) is 201 cm³/mol. The van der Waals surface area contributed by atoms with Gasteiger partial charge >= 0.3 is 0 Å². The molecule has 5 N–H and O–H groups in total. The summed E-state index contributed by atoms with van der Waals surface area (Å²) in [5.74, 6) is 4.65. The number of nitro benzene ring substituents is 1. The number of nitrogens with one attached hydrogen (secondary N) is 3. The fourth-order valence-electron chi connectivity index (χ4n) is 5.96. The molecular formula is C38H34N8O9. The van der Waals surface area contributed by atoms with E-state index in [2.05, 4.69) is 36.2 Å². The first-order valence-electron chi connectivity index (χ1n) is 17.4. The van der Waals surface area contributed by atoms with Crippen molar-refractivity contribution in [1.82, 2.24) is 0 Å². The van der Waals surface area contributed by atoms with Crippen molar-refractivity contribution in [2.75, 3.05) is 68.6 Å². The monoisotopic (exact) mass is 746 g/mol. The third-order valence-corrected chi connectivity index (χ3v) is 8.59. The van der Waals surface area contributed by atoms with E-state index in [1.807, 2.05) is 24.3 Å². The number of benzene rings is 5. The molecule has 55 heavy (non-hydrogen) atoms. The Morgan fingerprint density at radius 1 is 0.636 bits per heavy atom. The van der Waals surface area contributed by atoms with Crippen molar-refractivity contribution < 1.29 is 38.8 Å². The smallest absolute Gasteiger partial charge is 0.269 e. The molecule has 0 saturated heterocycles. The largest absolute Gasteiger partial charge is 0.508 e. The highest BCUT2D eigenvalue weighted by Gasteiger charge is 2.20. The molecule has 5 aromatic carbocycles. The molecule has 5 aliphatic rings. The number of anilines is 3. The van der Waals surface area contributed by atoms with Gasteiger partial charge in [-0.3, -0.25) is 15.1 Å². The van der Waals surface area contributed by atoms with E-state index in [4.69, 9.17) is 28.8 Å². The summed E-state index contributed by atoms with van der Waals surface area (Å²) in [7, 11) is 0. The van der Waals surface area contributed by atoms with Crippen LogP contribution in [0.3, 0.4) is 0 Å². The Labute approximate surface area is 312 Å². The molecule has 0 spiro atoms. The molecule has 17 heteroatoms. The molecule has 5 aromatic rings. The molecule has 0 aromatic heterocycles. The van der Waals surface area contributed by atoms with Gasteiger partial charge in [0, 0.05) is 74.2 Å². The number of rotatable bonds is 3. The number of non-ortho nitro benzene ring substituents is 1. The third kappa shape index (κ3) is 7.90. The summed E-state index contributed by atoms with van der Waals surface area (Å²) in [4.78, 5) is 19.2. The van der Waals surface area contributed by atoms with Crippen LogP contribution in [-0.4, -0.2) is 67.7 Å². The van der Waals surface area contributed by atoms with Crippen LogP contribution in [0.15, 0.2) is 99.1 Å². The molecule has 0 saturated carbocycles. The Morgan fingerprint density at radius 3 is 2.04 bits per heavy atom. The molecule has 17 nitrogen and oxygen atoms in total. The maximum atomic E-state index is 10.6. The molecule has 0 amide bonds. The highest BCUT2D eigenvalue weighted by atomic mass is 16.6. The third-order valence-electron chi connectivity index (χ3n) is 8.59. The predicted octanol–water partition coefficient (Wildman–Crippen LogP) is 6.28. The van der Waals surface area contributed by atoms with Gasteiger partial charge < -0.3 is 49.8 Å². The van der Waals surface area contributed by atoms with Crippen molar-refractivity contribution in [2.45, 2.75) is 0 Å². The molecule has 5 aliphatic heterocycles. The normalized spacial score (nSPS) is 14.9. The Morgan fingerprint density at radius 2 is 1.29 bits per heavy atom. The van der Waals surface area contributed by atoms with Crippen LogP contribution in [0.1, 0.15) is 0 Å². The molecular weight excluding hydrogens is 712 g/mol. The van der Waals surface area contributed by atoms with E-state index < -0.39 is 4.92 Å². The zero-order valence-corrected chi connectivity index (χ0v) is 29.2. The van der Waals surface area contributed by atoms with Crippen LogP contribution >= 0.6 is 0 Å². The number of phenols is 2. The lowest BCUT2D eigenvalue weighted by molar-refractivity contribution is -0.384. The molecule has 0 radical (unpaired) electrons. The Balaban J connectivity index is 0.000000123. The fourth-order valence-corrected chi connectivity index (χ4v) is 5.96. The molecule has 0 bridgehead atoms. The Bertz CT molecular complexity index is 2430. The van der Waals surface area contributed by atoms with E-state index in [0.717, 1.165) is 63.9 Å². The van der Waals surface area contributed by atoms with E-state index in [1.165, 1.54) is 30.3 Å². The number of phenolic OH excluding ortho intramolecular Hbond substituents is 2. The molecule has 280 valence electrons. The van der Waals surface area contributed by atoms with Gasteiger partial charge in [0.2, 0.25) is 0 Å². The summed E-state index contributed by atoms with van der Waals surface area (Å²) >= 11 is 0. The van der Waals surface area contributed by atoms with Gasteiger partial charge in [-0.1, -0.05) is 0 Å². The number of hydrogen-bond donors (Lipinski definition) is 5. The number of hydrogen-bond acceptors (Lipinski definition) is 16. The number of ether oxygens (including phenoxy) is 5. The minimum atomic E-state index is -0.486. The van der Waals surface area contributed by atoms with Crippen molar-refractivity contribution in [3.63, 3.8) is 0 Å². The topological polar surface area (TPSA) is 215 Å². The summed E-state index contributed by atoms with van der Waals surface area (Å²) < 4.78 is 28.0. The van der Waals surface area contributed by atoms with Gasteiger partial charge in [-0.2, -0.15) is 5.11 Å². The van der Waals surface area contributed by atoms with Crippen LogP contribution in [0.5, 0.6) is 46.0 Å². The zero-order chi connectivity index (χ0) is 37.7. The highest BCUT2D eigenvalue weighted by Crippen LogP contribution is 2.43. The Kier molecular flexibility index (Phi) is 9.71. The van der Waals surface area contributed by atoms with E-state index in [-0.39, 0.29) is 22.9 Å². The summed E-state index contributed by atoms with van der Waals surface area (Å²) in [6, 6.07) is 21.4. The SMILES string of the molecule is O=[N+]([O-])c1ccc(N=Nc2cc3c(cc2O)NCCO3)cc1.Oc1ccc2c(c1)NCCO2.c1c2c(cc3c1Oc1cc4c(cc1=N3)OCCN=4)OCCN2. The number of nitro groups is 1. The molecule has 0 atom stereocenters. The van der Waals surface area contributed by atoms with Gasteiger partial charge in [-0.15, -0.1) is 5.11 Å². The molecule has 0 aliphatic carbocycles. The number of aromatic hydroxyl groups is 2. The highest BCUT2D eigenvalue weighted by molar-refractivity contribution is 5.71. The summed E-state index contributed by atoms with van der Waals surface area (Å²) in [6.07, 6.45) is 0. The van der Waals surface area contributed by atoms with E-state index in [9.17, 15) is 15.2 Å². The van der Waals surface area contributed by atoms with Crippen molar-refractivity contribution in [1.29, 1.82) is 0 Å². The van der Waals surface area contributed by atoms with E-state index in [1.54, 1.807) is 24.3 Å². The number of azo groups is 1. The second kappa shape index (κ2) is 15.4. The second-order valence-corrected chi connectivity index (χ2v) is 12.4. The minimum absolute atomic E-state index is 0.0185. The quantitative estimate of drug-likeness (QED) is 0.0769. The van der Waals surface area contributed by atoms with Crippen LogP contribution in [0.25, 0.3) is 0 Å².